The molecule has 1 aliphatic heterocycles. The second-order valence-corrected chi connectivity index (χ2v) is 7.79. The van der Waals surface area contributed by atoms with E-state index in [0.29, 0.717) is 15.6 Å². The summed E-state index contributed by atoms with van der Waals surface area (Å²) >= 11 is 3.31. The van der Waals surface area contributed by atoms with Crippen molar-refractivity contribution >= 4 is 37.7 Å². The summed E-state index contributed by atoms with van der Waals surface area (Å²) in [6.45, 7) is 0.0926. The van der Waals surface area contributed by atoms with Gasteiger partial charge in [0.15, 0.2) is 5.84 Å². The van der Waals surface area contributed by atoms with Crippen molar-refractivity contribution in [2.45, 2.75) is 11.3 Å². The van der Waals surface area contributed by atoms with Gasteiger partial charge in [0.05, 0.1) is 24.6 Å². The van der Waals surface area contributed by atoms with E-state index in [1.807, 2.05) is 6.07 Å². The molecule has 0 saturated heterocycles. The molecule has 1 heterocycles. The predicted octanol–water partition coefficient (Wildman–Crippen LogP) is 2.46. The summed E-state index contributed by atoms with van der Waals surface area (Å²) in [6, 6.07) is 15.2. The maximum atomic E-state index is 12.6. The minimum Gasteiger partial charge on any atom is -0.267 e. The van der Waals surface area contributed by atoms with E-state index in [2.05, 4.69) is 25.8 Å². The third kappa shape index (κ3) is 3.47. The number of sulfonamides is 1. The van der Waals surface area contributed by atoms with E-state index in [4.69, 9.17) is 5.26 Å². The molecular weight excluding hydrogens is 420 g/mol. The van der Waals surface area contributed by atoms with Crippen LogP contribution in [0.1, 0.15) is 22.3 Å². The number of nitrogens with zero attached hydrogens (tertiary/aromatic N) is 3. The van der Waals surface area contributed by atoms with Crippen molar-refractivity contribution in [2.75, 3.05) is 6.54 Å². The maximum absolute atomic E-state index is 12.6. The van der Waals surface area contributed by atoms with Gasteiger partial charge in [0.2, 0.25) is 0 Å². The van der Waals surface area contributed by atoms with E-state index in [1.165, 1.54) is 11.1 Å². The zero-order valence-corrected chi connectivity index (χ0v) is 15.8. The van der Waals surface area contributed by atoms with Gasteiger partial charge in [0.1, 0.15) is 4.90 Å². The highest BCUT2D eigenvalue weighted by Gasteiger charge is 2.32. The van der Waals surface area contributed by atoms with Gasteiger partial charge in [-0.25, -0.2) is 0 Å². The molecule has 132 valence electrons. The van der Waals surface area contributed by atoms with Gasteiger partial charge >= 0.3 is 0 Å². The minimum absolute atomic E-state index is 0.0760. The third-order valence-corrected chi connectivity index (χ3v) is 5.69. The number of halogens is 1. The zero-order valence-electron chi connectivity index (χ0n) is 13.4. The minimum atomic E-state index is -3.83. The number of carbonyl (C=O) groups is 1. The molecule has 9 heteroatoms. The summed E-state index contributed by atoms with van der Waals surface area (Å²) in [4.78, 5) is 12.7. The number of nitrogens with one attached hydrogen (secondary N) is 1. The van der Waals surface area contributed by atoms with Gasteiger partial charge in [-0.15, -0.1) is 4.40 Å². The lowest BCUT2D eigenvalue weighted by molar-refractivity contribution is 0.0871. The fraction of sp³-hybridized carbons (Fsp3) is 0.118. The molecule has 0 fully saturated rings. The molecule has 2 aromatic rings. The molecule has 0 unspecified atom stereocenters. The number of nitriles is 1. The number of carbonyl (C=O) groups excluding carboxylic acids is 1. The first kappa shape index (κ1) is 18.1. The molecule has 0 spiro atoms. The lowest BCUT2D eigenvalue weighted by Gasteiger charge is -2.24. The Hall–Kier alpha value is -2.70. The Morgan fingerprint density at radius 3 is 2.62 bits per heavy atom. The van der Waals surface area contributed by atoms with Crippen molar-refractivity contribution in [3.05, 3.63) is 64.1 Å². The summed E-state index contributed by atoms with van der Waals surface area (Å²) < 4.78 is 28.9. The van der Waals surface area contributed by atoms with E-state index in [-0.39, 0.29) is 23.7 Å². The number of benzene rings is 2. The molecule has 7 nitrogen and oxygen atoms in total. The highest BCUT2D eigenvalue weighted by Crippen LogP contribution is 2.27. The van der Waals surface area contributed by atoms with Crippen LogP contribution in [0.4, 0.5) is 0 Å². The fourth-order valence-electron chi connectivity index (χ4n) is 2.49. The van der Waals surface area contributed by atoms with Crippen LogP contribution in [0.25, 0.3) is 0 Å². The standard InChI is InChI=1S/C17H13BrN4O3S/c18-14-8-3-1-6-12(14)17(23)20-22(11-5-10-19)16-13-7-2-4-9-15(13)26(24,25)21-16/h1-4,6-9H,5,11H2,(H,20,23). The first-order valence-electron chi connectivity index (χ1n) is 7.58. The van der Waals surface area contributed by atoms with Crippen molar-refractivity contribution in [3.8, 4) is 6.07 Å². The number of amides is 1. The number of hydrogen-bond donors (Lipinski definition) is 1. The molecular formula is C17H13BrN4O3S. The quantitative estimate of drug-likeness (QED) is 0.750. The van der Waals surface area contributed by atoms with Gasteiger partial charge < -0.3 is 0 Å². The average Bonchev–Trinajstić information content (AvgIpc) is 2.90. The second kappa shape index (κ2) is 7.27. The van der Waals surface area contributed by atoms with Gasteiger partial charge in [0.25, 0.3) is 15.9 Å². The van der Waals surface area contributed by atoms with Crippen molar-refractivity contribution in [2.24, 2.45) is 4.40 Å². The molecule has 0 atom stereocenters. The highest BCUT2D eigenvalue weighted by molar-refractivity contribution is 9.10. The van der Waals surface area contributed by atoms with E-state index in [1.54, 1.807) is 42.5 Å². The van der Waals surface area contributed by atoms with E-state index in [0.717, 1.165) is 0 Å². The summed E-state index contributed by atoms with van der Waals surface area (Å²) in [6.07, 6.45) is 0.0808. The molecule has 0 radical (unpaired) electrons. The van der Waals surface area contributed by atoms with Gasteiger partial charge in [-0.2, -0.15) is 13.7 Å². The van der Waals surface area contributed by atoms with Crippen LogP contribution >= 0.6 is 15.9 Å². The third-order valence-electron chi connectivity index (χ3n) is 3.67. The predicted molar refractivity (Wildman–Crippen MR) is 98.7 cm³/mol. The van der Waals surface area contributed by atoms with Gasteiger partial charge in [-0.05, 0) is 40.2 Å². The van der Waals surface area contributed by atoms with Gasteiger partial charge in [0, 0.05) is 10.0 Å². The topological polar surface area (TPSA) is 103 Å². The lowest BCUT2D eigenvalue weighted by atomic mass is 10.2. The molecule has 0 saturated carbocycles. The van der Waals surface area contributed by atoms with Crippen molar-refractivity contribution < 1.29 is 13.2 Å². The molecule has 26 heavy (non-hydrogen) atoms. The van der Waals surface area contributed by atoms with Crippen molar-refractivity contribution in [3.63, 3.8) is 0 Å². The molecule has 2 aromatic carbocycles. The van der Waals surface area contributed by atoms with E-state index < -0.39 is 15.9 Å². The van der Waals surface area contributed by atoms with Crippen LogP contribution in [0, 0.1) is 11.3 Å². The van der Waals surface area contributed by atoms with E-state index in [9.17, 15) is 13.2 Å². The summed E-state index contributed by atoms with van der Waals surface area (Å²) in [5, 5.41) is 10.2. The Morgan fingerprint density at radius 2 is 1.88 bits per heavy atom. The second-order valence-electron chi connectivity index (χ2n) is 5.37. The molecule has 0 aromatic heterocycles. The van der Waals surface area contributed by atoms with Crippen LogP contribution in [0.3, 0.4) is 0 Å². The van der Waals surface area contributed by atoms with Crippen molar-refractivity contribution in [1.29, 1.82) is 5.26 Å². The smallest absolute Gasteiger partial charge is 0.267 e. The molecule has 1 N–H and O–H groups in total. The summed E-state index contributed by atoms with van der Waals surface area (Å²) in [5.41, 5.74) is 3.41. The Labute approximate surface area is 159 Å². The van der Waals surface area contributed by atoms with Crippen LogP contribution in [0.15, 0.2) is 62.3 Å². The number of fused-ring (bicyclic) bond motifs is 1. The molecule has 1 amide bonds. The van der Waals surface area contributed by atoms with Gasteiger partial charge in [-0.3, -0.25) is 15.2 Å². The van der Waals surface area contributed by atoms with Crippen LogP contribution < -0.4 is 5.43 Å². The number of rotatable bonds is 3. The van der Waals surface area contributed by atoms with Crippen LogP contribution in [0.5, 0.6) is 0 Å². The Bertz CT molecular complexity index is 1040. The molecule has 3 rings (SSSR count). The SMILES string of the molecule is N#CCCN(NC(=O)c1ccccc1Br)C1=NS(=O)(=O)c2ccccc21. The van der Waals surface area contributed by atoms with E-state index >= 15 is 0 Å². The molecule has 0 aliphatic carbocycles. The highest BCUT2D eigenvalue weighted by atomic mass is 79.9. The monoisotopic (exact) mass is 432 g/mol. The first-order valence-corrected chi connectivity index (χ1v) is 9.82. The first-order chi connectivity index (χ1) is 12.4. The number of amidine groups is 1. The maximum Gasteiger partial charge on any atom is 0.285 e. The fourth-order valence-corrected chi connectivity index (χ4v) is 4.16. The van der Waals surface area contributed by atoms with Crippen LogP contribution in [0.2, 0.25) is 0 Å². The number of hydrazine groups is 1. The Kier molecular flexibility index (Phi) is 5.06. The summed E-state index contributed by atoms with van der Waals surface area (Å²) in [7, 11) is -3.83. The molecule has 1 aliphatic rings. The normalized spacial score (nSPS) is 14.1. The Balaban J connectivity index is 1.97. The van der Waals surface area contributed by atoms with Crippen molar-refractivity contribution in [1.82, 2.24) is 10.4 Å². The Morgan fingerprint density at radius 1 is 1.19 bits per heavy atom. The van der Waals surface area contributed by atoms with Gasteiger partial charge in [-0.1, -0.05) is 24.3 Å². The molecule has 0 bridgehead atoms. The zero-order chi connectivity index (χ0) is 18.7. The largest absolute Gasteiger partial charge is 0.285 e. The van der Waals surface area contributed by atoms with Crippen LogP contribution in [-0.2, 0) is 10.0 Å². The number of hydrogen-bond acceptors (Lipinski definition) is 5. The average molecular weight is 433 g/mol. The van der Waals surface area contributed by atoms with Crippen LogP contribution in [-0.4, -0.2) is 31.7 Å². The summed E-state index contributed by atoms with van der Waals surface area (Å²) in [5.74, 6) is -0.351. The lowest BCUT2D eigenvalue weighted by Crippen LogP contribution is -2.46.